The molecule has 3 aromatic rings. The highest BCUT2D eigenvalue weighted by molar-refractivity contribution is 7.18. The number of amides is 1. The van der Waals surface area contributed by atoms with Crippen LogP contribution in [-0.4, -0.2) is 41.2 Å². The Hall–Kier alpha value is -2.49. The molecule has 2 N–H and O–H groups in total. The summed E-state index contributed by atoms with van der Waals surface area (Å²) in [5, 5.41) is 12.4. The van der Waals surface area contributed by atoms with E-state index in [4.69, 9.17) is 0 Å². The van der Waals surface area contributed by atoms with Gasteiger partial charge in [0.15, 0.2) is 0 Å². The lowest BCUT2D eigenvalue weighted by Gasteiger charge is -2.27. The summed E-state index contributed by atoms with van der Waals surface area (Å²) in [4.78, 5) is 18.2. The van der Waals surface area contributed by atoms with Gasteiger partial charge in [-0.15, -0.1) is 11.3 Å². The van der Waals surface area contributed by atoms with Gasteiger partial charge >= 0.3 is 6.18 Å². The Balaban J connectivity index is 1.84. The van der Waals surface area contributed by atoms with Crippen LogP contribution < -0.4 is 5.32 Å². The third-order valence-electron chi connectivity index (χ3n) is 4.24. The highest BCUT2D eigenvalue weighted by Gasteiger charge is 2.58. The summed E-state index contributed by atoms with van der Waals surface area (Å²) in [5.74, 6) is -0.953. The first-order valence-electron chi connectivity index (χ1n) is 8.77. The Kier molecular flexibility index (Phi) is 5.92. The van der Waals surface area contributed by atoms with E-state index in [0.29, 0.717) is 22.4 Å². The van der Waals surface area contributed by atoms with Crippen molar-refractivity contribution in [2.45, 2.75) is 24.7 Å². The summed E-state index contributed by atoms with van der Waals surface area (Å²) in [6, 6.07) is 13.3. The summed E-state index contributed by atoms with van der Waals surface area (Å²) < 4.78 is 41.8. The molecule has 0 saturated carbocycles. The van der Waals surface area contributed by atoms with Crippen LogP contribution in [0, 0.1) is 0 Å². The van der Waals surface area contributed by atoms with Crippen LogP contribution in [0.5, 0.6) is 0 Å². The van der Waals surface area contributed by atoms with Gasteiger partial charge in [0.2, 0.25) is 11.5 Å². The maximum atomic E-state index is 13.8. The zero-order chi connectivity index (χ0) is 21.2. The minimum absolute atomic E-state index is 0.340. The van der Waals surface area contributed by atoms with Crippen LogP contribution in [0.1, 0.15) is 17.0 Å². The van der Waals surface area contributed by atoms with E-state index in [0.717, 1.165) is 16.9 Å². The number of hydrogen-bond donors (Lipinski definition) is 2. The molecule has 5 nitrogen and oxygen atoms in total. The molecule has 3 rings (SSSR count). The van der Waals surface area contributed by atoms with Crippen molar-refractivity contribution in [3.8, 4) is 0 Å². The number of carbonyl (C=O) groups is 1. The average molecular weight is 423 g/mol. The van der Waals surface area contributed by atoms with Crippen molar-refractivity contribution in [1.82, 2.24) is 9.88 Å². The van der Waals surface area contributed by atoms with E-state index in [1.54, 1.807) is 42.5 Å². The molecular weight excluding hydrogens is 403 g/mol. The molecule has 0 bridgehead atoms. The molecule has 0 aliphatic carbocycles. The third-order valence-corrected chi connectivity index (χ3v) is 5.43. The minimum atomic E-state index is -5.06. The van der Waals surface area contributed by atoms with Gasteiger partial charge in [0, 0.05) is 12.2 Å². The zero-order valence-corrected chi connectivity index (χ0v) is 16.6. The molecule has 1 amide bonds. The number of aromatic nitrogens is 1. The van der Waals surface area contributed by atoms with Crippen molar-refractivity contribution in [2.24, 2.45) is 0 Å². The number of halogens is 3. The van der Waals surface area contributed by atoms with Crippen LogP contribution in [0.3, 0.4) is 0 Å². The number of aliphatic hydroxyl groups is 1. The lowest BCUT2D eigenvalue weighted by molar-refractivity contribution is -0.266. The van der Waals surface area contributed by atoms with E-state index < -0.39 is 29.1 Å². The molecule has 154 valence electrons. The van der Waals surface area contributed by atoms with Crippen LogP contribution in [0.2, 0.25) is 0 Å². The van der Waals surface area contributed by atoms with Crippen LogP contribution in [0.25, 0.3) is 10.2 Å². The molecule has 0 spiro atoms. The third kappa shape index (κ3) is 4.75. The first kappa shape index (κ1) is 21.2. The number of benzene rings is 2. The Bertz CT molecular complexity index is 986. The number of para-hydroxylation sites is 1. The number of anilines is 1. The van der Waals surface area contributed by atoms with Crippen molar-refractivity contribution >= 4 is 33.1 Å². The second kappa shape index (κ2) is 8.10. The fraction of sp³-hybridized carbons (Fsp3) is 0.300. The van der Waals surface area contributed by atoms with Gasteiger partial charge in [0.25, 0.3) is 0 Å². The second-order valence-corrected chi connectivity index (χ2v) is 8.04. The van der Waals surface area contributed by atoms with E-state index in [-0.39, 0.29) is 0 Å². The molecule has 0 aliphatic rings. The monoisotopic (exact) mass is 423 g/mol. The van der Waals surface area contributed by atoms with Gasteiger partial charge in [-0.3, -0.25) is 4.79 Å². The Morgan fingerprint density at radius 2 is 1.90 bits per heavy atom. The van der Waals surface area contributed by atoms with E-state index in [1.807, 2.05) is 25.1 Å². The number of nitrogens with zero attached hydrogens (tertiary/aromatic N) is 2. The average Bonchev–Trinajstić information content (AvgIpc) is 3.05. The van der Waals surface area contributed by atoms with Crippen LogP contribution >= 0.6 is 11.3 Å². The maximum Gasteiger partial charge on any atom is 0.424 e. The zero-order valence-electron chi connectivity index (χ0n) is 15.8. The Morgan fingerprint density at radius 1 is 1.17 bits per heavy atom. The molecule has 1 atom stereocenters. The predicted octanol–water partition coefficient (Wildman–Crippen LogP) is 4.14. The molecule has 2 aromatic carbocycles. The summed E-state index contributed by atoms with van der Waals surface area (Å²) in [5.41, 5.74) is -1.78. The number of carbonyl (C=O) groups excluding carboxylic acids is 1. The molecule has 29 heavy (non-hydrogen) atoms. The highest BCUT2D eigenvalue weighted by Crippen LogP contribution is 2.44. The fourth-order valence-corrected chi connectivity index (χ4v) is 3.97. The molecule has 0 radical (unpaired) electrons. The molecule has 1 aromatic heterocycles. The van der Waals surface area contributed by atoms with Crippen molar-refractivity contribution < 1.29 is 23.1 Å². The summed E-state index contributed by atoms with van der Waals surface area (Å²) in [6.45, 7) is 0.613. The molecule has 0 saturated heterocycles. The van der Waals surface area contributed by atoms with Crippen LogP contribution in [0.15, 0.2) is 48.5 Å². The molecule has 9 heteroatoms. The van der Waals surface area contributed by atoms with Gasteiger partial charge in [-0.05, 0) is 43.9 Å². The predicted molar refractivity (Wildman–Crippen MR) is 107 cm³/mol. The molecule has 0 aliphatic heterocycles. The van der Waals surface area contributed by atoms with Crippen molar-refractivity contribution in [2.75, 3.05) is 19.4 Å². The number of nitrogens with one attached hydrogen (secondary N) is 1. The van der Waals surface area contributed by atoms with Gasteiger partial charge in [-0.1, -0.05) is 24.3 Å². The number of thiazole rings is 1. The number of rotatable bonds is 6. The number of fused-ring (bicyclic) bond motifs is 1. The van der Waals surface area contributed by atoms with Crippen molar-refractivity contribution in [3.05, 3.63) is 59.1 Å². The normalized spacial score (nSPS) is 14.2. The summed E-state index contributed by atoms with van der Waals surface area (Å²) in [6.07, 6.45) is -6.25. The number of hydrogen-bond acceptors (Lipinski definition) is 5. The standard InChI is InChI=1S/C20H20F3N3O2S/c1-26(2)12-13-6-5-7-14(10-13)24-17(27)11-19(28,20(21,22)23)18-25-15-8-3-4-9-16(15)29-18/h3-10,28H,11-12H2,1-2H3,(H,24,27). The van der Waals surface area contributed by atoms with E-state index in [9.17, 15) is 23.1 Å². The van der Waals surface area contributed by atoms with E-state index in [2.05, 4.69) is 10.3 Å². The number of alkyl halides is 3. The van der Waals surface area contributed by atoms with E-state index >= 15 is 0 Å². The van der Waals surface area contributed by atoms with E-state index in [1.165, 1.54) is 0 Å². The van der Waals surface area contributed by atoms with Crippen LogP contribution in [0.4, 0.5) is 18.9 Å². The quantitative estimate of drug-likeness (QED) is 0.626. The Morgan fingerprint density at radius 3 is 2.55 bits per heavy atom. The molecule has 0 fully saturated rings. The first-order valence-corrected chi connectivity index (χ1v) is 9.59. The van der Waals surface area contributed by atoms with Crippen molar-refractivity contribution in [3.63, 3.8) is 0 Å². The SMILES string of the molecule is CN(C)Cc1cccc(NC(=O)CC(O)(c2nc3ccccc3s2)C(F)(F)F)c1. The lowest BCUT2D eigenvalue weighted by atomic mass is 9.99. The minimum Gasteiger partial charge on any atom is -0.374 e. The molecular formula is C20H20F3N3O2S. The van der Waals surface area contributed by atoms with Gasteiger partial charge in [0.05, 0.1) is 16.6 Å². The highest BCUT2D eigenvalue weighted by atomic mass is 32.1. The van der Waals surface area contributed by atoms with Crippen LogP contribution in [-0.2, 0) is 16.9 Å². The smallest absolute Gasteiger partial charge is 0.374 e. The largest absolute Gasteiger partial charge is 0.424 e. The van der Waals surface area contributed by atoms with Gasteiger partial charge in [0.1, 0.15) is 5.01 Å². The van der Waals surface area contributed by atoms with Gasteiger partial charge < -0.3 is 15.3 Å². The molecule has 1 unspecified atom stereocenters. The summed E-state index contributed by atoms with van der Waals surface area (Å²) in [7, 11) is 3.76. The fourth-order valence-electron chi connectivity index (χ4n) is 2.90. The second-order valence-electron chi connectivity index (χ2n) is 7.01. The first-order chi connectivity index (χ1) is 13.6. The van der Waals surface area contributed by atoms with Gasteiger partial charge in [-0.25, -0.2) is 4.98 Å². The maximum absolute atomic E-state index is 13.8. The molecule has 1 heterocycles. The summed E-state index contributed by atoms with van der Waals surface area (Å²) >= 11 is 0.722. The lowest BCUT2D eigenvalue weighted by Crippen LogP contribution is -2.45. The Labute approximate surface area is 169 Å². The topological polar surface area (TPSA) is 65.5 Å². The van der Waals surface area contributed by atoms with Crippen molar-refractivity contribution in [1.29, 1.82) is 0 Å². The van der Waals surface area contributed by atoms with Gasteiger partial charge in [-0.2, -0.15) is 13.2 Å².